The molecule has 66 valence electrons. The van der Waals surface area contributed by atoms with Gasteiger partial charge in [-0.05, 0) is 6.92 Å². The van der Waals surface area contributed by atoms with Crippen molar-refractivity contribution in [3.63, 3.8) is 0 Å². The van der Waals surface area contributed by atoms with Crippen LogP contribution in [0.5, 0.6) is 0 Å². The Morgan fingerprint density at radius 1 is 1.23 bits per heavy atom. The van der Waals surface area contributed by atoms with Crippen LogP contribution >= 0.6 is 0 Å². The fourth-order valence-electron chi connectivity index (χ4n) is 1.00. The molecule has 5 nitrogen and oxygen atoms in total. The molecule has 0 fully saturated rings. The molecule has 2 aromatic heterocycles. The van der Waals surface area contributed by atoms with Gasteiger partial charge in [-0.2, -0.15) is 0 Å². The second-order valence-electron chi connectivity index (χ2n) is 2.80. The SMILES string of the molecule is Cc1ncc(-c2cn(C)nn2)cn1. The topological polar surface area (TPSA) is 56.5 Å². The minimum absolute atomic E-state index is 0.757. The maximum Gasteiger partial charge on any atom is 0.125 e. The van der Waals surface area contributed by atoms with Gasteiger partial charge in [0.2, 0.25) is 0 Å². The molecule has 0 saturated carbocycles. The lowest BCUT2D eigenvalue weighted by molar-refractivity contribution is 0.715. The van der Waals surface area contributed by atoms with E-state index in [4.69, 9.17) is 0 Å². The van der Waals surface area contributed by atoms with Crippen LogP contribution < -0.4 is 0 Å². The molecule has 2 heterocycles. The lowest BCUT2D eigenvalue weighted by atomic mass is 10.3. The van der Waals surface area contributed by atoms with Crippen molar-refractivity contribution < 1.29 is 0 Å². The third-order valence-electron chi connectivity index (χ3n) is 1.68. The summed E-state index contributed by atoms with van der Waals surface area (Å²) >= 11 is 0. The van der Waals surface area contributed by atoms with Gasteiger partial charge in [0.1, 0.15) is 11.5 Å². The molecule has 0 N–H and O–H groups in total. The van der Waals surface area contributed by atoms with Gasteiger partial charge in [-0.15, -0.1) is 5.10 Å². The van der Waals surface area contributed by atoms with Crippen molar-refractivity contribution in [1.82, 2.24) is 25.0 Å². The minimum atomic E-state index is 0.757. The van der Waals surface area contributed by atoms with Gasteiger partial charge in [-0.1, -0.05) is 5.21 Å². The largest absolute Gasteiger partial charge is 0.255 e. The van der Waals surface area contributed by atoms with E-state index in [1.807, 2.05) is 20.2 Å². The molecular weight excluding hydrogens is 166 g/mol. The van der Waals surface area contributed by atoms with Crippen molar-refractivity contribution in [3.05, 3.63) is 24.4 Å². The van der Waals surface area contributed by atoms with Crippen molar-refractivity contribution in [3.8, 4) is 11.3 Å². The maximum absolute atomic E-state index is 4.08. The monoisotopic (exact) mass is 175 g/mol. The van der Waals surface area contributed by atoms with Gasteiger partial charge in [0.15, 0.2) is 0 Å². The van der Waals surface area contributed by atoms with E-state index >= 15 is 0 Å². The van der Waals surface area contributed by atoms with Crippen LogP contribution in [0.4, 0.5) is 0 Å². The van der Waals surface area contributed by atoms with Crippen LogP contribution in [0.15, 0.2) is 18.6 Å². The van der Waals surface area contributed by atoms with Gasteiger partial charge in [0, 0.05) is 25.0 Å². The summed E-state index contributed by atoms with van der Waals surface area (Å²) in [5.74, 6) is 0.757. The smallest absolute Gasteiger partial charge is 0.125 e. The van der Waals surface area contributed by atoms with E-state index in [9.17, 15) is 0 Å². The van der Waals surface area contributed by atoms with Gasteiger partial charge in [-0.3, -0.25) is 4.68 Å². The van der Waals surface area contributed by atoms with Gasteiger partial charge in [0.25, 0.3) is 0 Å². The molecular formula is C8H9N5. The second kappa shape index (κ2) is 2.93. The summed E-state index contributed by atoms with van der Waals surface area (Å²) in [5, 5.41) is 7.78. The molecule has 2 aromatic rings. The van der Waals surface area contributed by atoms with Crippen molar-refractivity contribution in [1.29, 1.82) is 0 Å². The van der Waals surface area contributed by atoms with E-state index in [1.54, 1.807) is 17.1 Å². The highest BCUT2D eigenvalue weighted by atomic mass is 15.4. The molecule has 0 bridgehead atoms. The standard InChI is InChI=1S/C8H9N5/c1-6-9-3-7(4-10-6)8-5-13(2)12-11-8/h3-5H,1-2H3. The summed E-state index contributed by atoms with van der Waals surface area (Å²) in [5.41, 5.74) is 1.68. The van der Waals surface area contributed by atoms with Gasteiger partial charge < -0.3 is 0 Å². The third kappa shape index (κ3) is 1.53. The quantitative estimate of drug-likeness (QED) is 0.636. The Hall–Kier alpha value is -1.78. The van der Waals surface area contributed by atoms with Crippen LogP contribution in [-0.2, 0) is 7.05 Å². The van der Waals surface area contributed by atoms with E-state index in [-0.39, 0.29) is 0 Å². The first-order chi connectivity index (χ1) is 6.25. The normalized spacial score (nSPS) is 10.3. The maximum atomic E-state index is 4.08. The zero-order chi connectivity index (χ0) is 9.26. The molecule has 5 heteroatoms. The number of hydrogen-bond acceptors (Lipinski definition) is 4. The fraction of sp³-hybridized carbons (Fsp3) is 0.250. The molecule has 0 radical (unpaired) electrons. The highest BCUT2D eigenvalue weighted by molar-refractivity contribution is 5.54. The first-order valence-corrected chi connectivity index (χ1v) is 3.91. The number of aryl methyl sites for hydroxylation is 2. The predicted octanol–water partition coefficient (Wildman–Crippen LogP) is 0.581. The Morgan fingerprint density at radius 2 is 1.92 bits per heavy atom. The third-order valence-corrected chi connectivity index (χ3v) is 1.68. The Balaban J connectivity index is 2.41. The molecule has 0 aliphatic rings. The molecule has 0 aliphatic carbocycles. The van der Waals surface area contributed by atoms with Crippen LogP contribution in [0, 0.1) is 6.92 Å². The van der Waals surface area contributed by atoms with Crippen LogP contribution in [0.2, 0.25) is 0 Å². The fourth-order valence-corrected chi connectivity index (χ4v) is 1.00. The van der Waals surface area contributed by atoms with Crippen molar-refractivity contribution in [2.75, 3.05) is 0 Å². The first-order valence-electron chi connectivity index (χ1n) is 3.91. The number of hydrogen-bond donors (Lipinski definition) is 0. The summed E-state index contributed by atoms with van der Waals surface area (Å²) in [6.07, 6.45) is 5.31. The van der Waals surface area contributed by atoms with Crippen molar-refractivity contribution >= 4 is 0 Å². The van der Waals surface area contributed by atoms with E-state index < -0.39 is 0 Å². The Morgan fingerprint density at radius 3 is 2.46 bits per heavy atom. The lowest BCUT2D eigenvalue weighted by Crippen LogP contribution is -1.87. The lowest BCUT2D eigenvalue weighted by Gasteiger charge is -1.93. The molecule has 2 rings (SSSR count). The highest BCUT2D eigenvalue weighted by Crippen LogP contribution is 2.12. The summed E-state index contributed by atoms with van der Waals surface area (Å²) in [4.78, 5) is 8.15. The van der Waals surface area contributed by atoms with E-state index in [2.05, 4.69) is 20.3 Å². The highest BCUT2D eigenvalue weighted by Gasteiger charge is 2.01. The Kier molecular flexibility index (Phi) is 1.77. The zero-order valence-electron chi connectivity index (χ0n) is 7.47. The molecule has 0 unspecified atom stereocenters. The predicted molar refractivity (Wildman–Crippen MR) is 46.8 cm³/mol. The van der Waals surface area contributed by atoms with Gasteiger partial charge in [0.05, 0.1) is 6.20 Å². The van der Waals surface area contributed by atoms with E-state index in [0.29, 0.717) is 0 Å². The van der Waals surface area contributed by atoms with Crippen LogP contribution in [0.25, 0.3) is 11.3 Å². The van der Waals surface area contributed by atoms with E-state index in [0.717, 1.165) is 17.1 Å². The van der Waals surface area contributed by atoms with E-state index in [1.165, 1.54) is 0 Å². The molecule has 0 amide bonds. The van der Waals surface area contributed by atoms with Gasteiger partial charge in [-0.25, -0.2) is 9.97 Å². The molecule has 0 atom stereocenters. The molecule has 0 saturated heterocycles. The molecule has 0 aliphatic heterocycles. The van der Waals surface area contributed by atoms with Crippen molar-refractivity contribution in [2.45, 2.75) is 6.92 Å². The summed E-state index contributed by atoms with van der Waals surface area (Å²) in [7, 11) is 1.82. The molecule has 0 aromatic carbocycles. The minimum Gasteiger partial charge on any atom is -0.255 e. The number of nitrogens with zero attached hydrogens (tertiary/aromatic N) is 5. The van der Waals surface area contributed by atoms with Gasteiger partial charge >= 0.3 is 0 Å². The van der Waals surface area contributed by atoms with Crippen molar-refractivity contribution in [2.24, 2.45) is 7.05 Å². The van der Waals surface area contributed by atoms with Crippen LogP contribution in [0.1, 0.15) is 5.82 Å². The Bertz CT molecular complexity index is 403. The molecule has 0 spiro atoms. The summed E-state index contributed by atoms with van der Waals surface area (Å²) in [6.45, 7) is 1.85. The Labute approximate surface area is 75.5 Å². The number of rotatable bonds is 1. The summed E-state index contributed by atoms with van der Waals surface area (Å²) < 4.78 is 1.65. The average molecular weight is 175 g/mol. The molecule has 13 heavy (non-hydrogen) atoms. The average Bonchev–Trinajstić information content (AvgIpc) is 2.53. The zero-order valence-corrected chi connectivity index (χ0v) is 7.47. The number of aromatic nitrogens is 5. The van der Waals surface area contributed by atoms with Crippen LogP contribution in [-0.4, -0.2) is 25.0 Å². The second-order valence-corrected chi connectivity index (χ2v) is 2.80. The summed E-state index contributed by atoms with van der Waals surface area (Å²) in [6, 6.07) is 0. The first kappa shape index (κ1) is 7.85. The van der Waals surface area contributed by atoms with Crippen LogP contribution in [0.3, 0.4) is 0 Å².